The third-order valence-corrected chi connectivity index (χ3v) is 6.93. The maximum atomic E-state index is 13.3. The molecule has 7 heteroatoms. The van der Waals surface area contributed by atoms with Gasteiger partial charge in [-0.05, 0) is 49.2 Å². The molecule has 0 atom stereocenters. The van der Waals surface area contributed by atoms with Gasteiger partial charge >= 0.3 is 0 Å². The smallest absolute Gasteiger partial charge is 0.261 e. The molecule has 38 heavy (non-hydrogen) atoms. The molecule has 0 aliphatic carbocycles. The van der Waals surface area contributed by atoms with Crippen LogP contribution in [0.15, 0.2) is 83.7 Å². The van der Waals surface area contributed by atoms with E-state index in [-0.39, 0.29) is 30.5 Å². The standard InChI is InChI=1S/C31H28N2O5/c1-20-16-28(21(2)29(34)32(20)18-23-11-6-9-15-27(23)37-3)38-19-24-12-5-4-10-22(24)17-33-30(35)25-13-7-8-14-26(25)31(33)36/h4-16H,17-19H2,1-3H3. The number of para-hydroxylation sites is 1. The Labute approximate surface area is 220 Å². The van der Waals surface area contributed by atoms with E-state index in [4.69, 9.17) is 9.47 Å². The normalized spacial score (nSPS) is 12.6. The molecule has 0 spiro atoms. The van der Waals surface area contributed by atoms with Gasteiger partial charge in [-0.3, -0.25) is 19.3 Å². The Morgan fingerprint density at radius 3 is 1.92 bits per heavy atom. The molecule has 0 saturated carbocycles. The van der Waals surface area contributed by atoms with Gasteiger partial charge in [-0.2, -0.15) is 0 Å². The minimum atomic E-state index is -0.300. The molecule has 5 rings (SSSR count). The summed E-state index contributed by atoms with van der Waals surface area (Å²) in [6.45, 7) is 4.35. The van der Waals surface area contributed by atoms with Crippen molar-refractivity contribution in [3.05, 3.63) is 128 Å². The van der Waals surface area contributed by atoms with Crippen molar-refractivity contribution in [2.75, 3.05) is 7.11 Å². The summed E-state index contributed by atoms with van der Waals surface area (Å²) >= 11 is 0. The molecule has 0 saturated heterocycles. The van der Waals surface area contributed by atoms with Crippen molar-refractivity contribution in [2.24, 2.45) is 0 Å². The van der Waals surface area contributed by atoms with Crippen LogP contribution in [-0.2, 0) is 19.7 Å². The molecule has 0 unspecified atom stereocenters. The van der Waals surface area contributed by atoms with E-state index in [2.05, 4.69) is 0 Å². The van der Waals surface area contributed by atoms with E-state index in [9.17, 15) is 14.4 Å². The van der Waals surface area contributed by atoms with Crippen molar-refractivity contribution in [3.63, 3.8) is 0 Å². The number of aryl methyl sites for hydroxylation is 1. The van der Waals surface area contributed by atoms with E-state index in [0.717, 1.165) is 28.1 Å². The van der Waals surface area contributed by atoms with Crippen molar-refractivity contribution in [1.82, 2.24) is 9.47 Å². The molecule has 3 aromatic carbocycles. The second-order valence-corrected chi connectivity index (χ2v) is 9.28. The predicted molar refractivity (Wildman–Crippen MR) is 144 cm³/mol. The number of benzene rings is 3. The molecule has 2 amide bonds. The van der Waals surface area contributed by atoms with E-state index in [1.807, 2.05) is 61.5 Å². The average molecular weight is 509 g/mol. The number of hydrogen-bond acceptors (Lipinski definition) is 5. The topological polar surface area (TPSA) is 77.8 Å². The summed E-state index contributed by atoms with van der Waals surface area (Å²) in [7, 11) is 1.61. The zero-order chi connectivity index (χ0) is 26.8. The molecule has 0 fully saturated rings. The van der Waals surface area contributed by atoms with E-state index in [0.29, 0.717) is 29.0 Å². The number of carbonyl (C=O) groups is 2. The lowest BCUT2D eigenvalue weighted by atomic mass is 10.1. The van der Waals surface area contributed by atoms with E-state index in [1.54, 1.807) is 42.9 Å². The first kappa shape index (κ1) is 25.0. The fourth-order valence-corrected chi connectivity index (χ4v) is 4.76. The summed E-state index contributed by atoms with van der Waals surface area (Å²) in [4.78, 5) is 40.2. The fraction of sp³-hybridized carbons (Fsp3) is 0.194. The molecule has 1 aliphatic heterocycles. The molecule has 192 valence electrons. The Balaban J connectivity index is 1.35. The lowest BCUT2D eigenvalue weighted by Crippen LogP contribution is -2.29. The van der Waals surface area contributed by atoms with Gasteiger partial charge in [0.05, 0.1) is 36.9 Å². The first-order chi connectivity index (χ1) is 18.4. The van der Waals surface area contributed by atoms with Crippen molar-refractivity contribution in [2.45, 2.75) is 33.5 Å². The van der Waals surface area contributed by atoms with Gasteiger partial charge in [0.15, 0.2) is 0 Å². The van der Waals surface area contributed by atoms with Crippen LogP contribution in [0.2, 0.25) is 0 Å². The van der Waals surface area contributed by atoms with Crippen LogP contribution in [0.3, 0.4) is 0 Å². The van der Waals surface area contributed by atoms with E-state index >= 15 is 0 Å². The monoisotopic (exact) mass is 508 g/mol. The van der Waals surface area contributed by atoms with Gasteiger partial charge < -0.3 is 14.0 Å². The summed E-state index contributed by atoms with van der Waals surface area (Å²) < 4.78 is 13.3. The minimum absolute atomic E-state index is 0.134. The van der Waals surface area contributed by atoms with Crippen molar-refractivity contribution >= 4 is 11.8 Å². The third-order valence-electron chi connectivity index (χ3n) is 6.93. The number of carbonyl (C=O) groups excluding carboxylic acids is 2. The Morgan fingerprint density at radius 2 is 1.26 bits per heavy atom. The van der Waals surface area contributed by atoms with Crippen LogP contribution in [0, 0.1) is 13.8 Å². The Kier molecular flexibility index (Phi) is 6.83. The maximum absolute atomic E-state index is 13.3. The van der Waals surface area contributed by atoms with Gasteiger partial charge in [-0.25, -0.2) is 0 Å². The van der Waals surface area contributed by atoms with E-state index in [1.165, 1.54) is 4.90 Å². The molecule has 0 bridgehead atoms. The second-order valence-electron chi connectivity index (χ2n) is 9.28. The summed E-state index contributed by atoms with van der Waals surface area (Å²) in [6.07, 6.45) is 0. The Bertz CT molecular complexity index is 1570. The number of rotatable bonds is 8. The largest absolute Gasteiger partial charge is 0.496 e. The fourth-order valence-electron chi connectivity index (χ4n) is 4.76. The summed E-state index contributed by atoms with van der Waals surface area (Å²) in [5.41, 5.74) is 4.53. The molecular formula is C31H28N2O5. The molecule has 1 aliphatic rings. The number of hydrogen-bond donors (Lipinski definition) is 0. The maximum Gasteiger partial charge on any atom is 0.261 e. The number of ether oxygens (including phenoxy) is 2. The highest BCUT2D eigenvalue weighted by atomic mass is 16.5. The van der Waals surface area contributed by atoms with Crippen LogP contribution in [0.5, 0.6) is 11.5 Å². The van der Waals surface area contributed by atoms with Crippen LogP contribution >= 0.6 is 0 Å². The number of imide groups is 1. The zero-order valence-corrected chi connectivity index (χ0v) is 21.6. The molecule has 1 aromatic heterocycles. The number of methoxy groups -OCH3 is 1. The van der Waals surface area contributed by atoms with E-state index < -0.39 is 0 Å². The number of nitrogens with zero attached hydrogens (tertiary/aromatic N) is 2. The first-order valence-electron chi connectivity index (χ1n) is 12.4. The summed E-state index contributed by atoms with van der Waals surface area (Å²) in [6, 6.07) is 23.9. The van der Waals surface area contributed by atoms with Gasteiger partial charge in [-0.15, -0.1) is 0 Å². The molecule has 7 nitrogen and oxygen atoms in total. The average Bonchev–Trinajstić information content (AvgIpc) is 3.18. The summed E-state index contributed by atoms with van der Waals surface area (Å²) in [5, 5.41) is 0. The van der Waals surface area contributed by atoms with Gasteiger partial charge in [0.25, 0.3) is 17.4 Å². The van der Waals surface area contributed by atoms with Crippen molar-refractivity contribution in [1.29, 1.82) is 0 Å². The molecule has 2 heterocycles. The second kappa shape index (κ2) is 10.4. The minimum Gasteiger partial charge on any atom is -0.496 e. The van der Waals surface area contributed by atoms with Crippen molar-refractivity contribution < 1.29 is 19.1 Å². The highest BCUT2D eigenvalue weighted by Gasteiger charge is 2.35. The number of fused-ring (bicyclic) bond motifs is 1. The Hall–Kier alpha value is -4.65. The molecule has 4 aromatic rings. The van der Waals surface area contributed by atoms with Gasteiger partial charge in [0.1, 0.15) is 18.1 Å². The van der Waals surface area contributed by atoms with Crippen LogP contribution in [0.25, 0.3) is 0 Å². The van der Waals surface area contributed by atoms with Gasteiger partial charge in [0, 0.05) is 11.3 Å². The Morgan fingerprint density at radius 1 is 0.684 bits per heavy atom. The first-order valence-corrected chi connectivity index (χ1v) is 12.4. The zero-order valence-electron chi connectivity index (χ0n) is 21.6. The van der Waals surface area contributed by atoms with Crippen LogP contribution in [-0.4, -0.2) is 28.4 Å². The van der Waals surface area contributed by atoms with Crippen LogP contribution in [0.1, 0.15) is 48.7 Å². The molecular weight excluding hydrogens is 480 g/mol. The highest BCUT2D eigenvalue weighted by Crippen LogP contribution is 2.26. The van der Waals surface area contributed by atoms with Crippen LogP contribution < -0.4 is 15.0 Å². The predicted octanol–water partition coefficient (Wildman–Crippen LogP) is 4.90. The van der Waals surface area contributed by atoms with Gasteiger partial charge in [-0.1, -0.05) is 54.6 Å². The van der Waals surface area contributed by atoms with Gasteiger partial charge in [0.2, 0.25) is 0 Å². The lowest BCUT2D eigenvalue weighted by Gasteiger charge is -2.19. The molecule has 0 N–H and O–H groups in total. The summed E-state index contributed by atoms with van der Waals surface area (Å²) in [5.74, 6) is 0.628. The highest BCUT2D eigenvalue weighted by molar-refractivity contribution is 6.21. The number of pyridine rings is 1. The SMILES string of the molecule is COc1ccccc1Cn1c(C)cc(OCc2ccccc2CN2C(=O)c3ccccc3C2=O)c(C)c1=O. The number of aromatic nitrogens is 1. The van der Waals surface area contributed by atoms with Crippen LogP contribution in [0.4, 0.5) is 0 Å². The number of amides is 2. The molecule has 0 radical (unpaired) electrons. The third kappa shape index (κ3) is 4.59. The van der Waals surface area contributed by atoms with Crippen molar-refractivity contribution in [3.8, 4) is 11.5 Å². The lowest BCUT2D eigenvalue weighted by molar-refractivity contribution is 0.0641. The quantitative estimate of drug-likeness (QED) is 0.317.